The zero-order chi connectivity index (χ0) is 13.4. The minimum absolute atomic E-state index is 0.0878. The van der Waals surface area contributed by atoms with Crippen LogP contribution in [0.3, 0.4) is 0 Å². The maximum absolute atomic E-state index is 6.09. The molecule has 0 saturated heterocycles. The highest BCUT2D eigenvalue weighted by atomic mass is 14.9. The van der Waals surface area contributed by atoms with Crippen molar-refractivity contribution >= 4 is 0 Å². The van der Waals surface area contributed by atoms with E-state index >= 15 is 0 Å². The molecule has 4 nitrogen and oxygen atoms in total. The Kier molecular flexibility index (Phi) is 3.03. The molecule has 0 spiro atoms. The van der Waals surface area contributed by atoms with Gasteiger partial charge in [-0.15, -0.1) is 0 Å². The zero-order valence-electron chi connectivity index (χ0n) is 11.3. The zero-order valence-corrected chi connectivity index (χ0v) is 11.3. The number of rotatable bonds is 1. The fourth-order valence-corrected chi connectivity index (χ4v) is 2.64. The van der Waals surface area contributed by atoms with Crippen molar-refractivity contribution in [2.24, 2.45) is 5.73 Å². The summed E-state index contributed by atoms with van der Waals surface area (Å²) in [4.78, 5) is 13.6. The van der Waals surface area contributed by atoms with Crippen molar-refractivity contribution in [1.29, 1.82) is 0 Å². The highest BCUT2D eigenvalue weighted by molar-refractivity contribution is 5.55. The molecule has 0 amide bonds. The van der Waals surface area contributed by atoms with Crippen LogP contribution in [-0.2, 0) is 6.42 Å². The first-order chi connectivity index (χ1) is 9.15. The number of pyridine rings is 1. The standard InChI is InChI=1S/C15H18N4/c1-9-6-10(2)14(17-7-9)15-18-8-11-12(16)4-3-5-13(11)19-15/h6-8,12H,3-5,16H2,1-2H3. The van der Waals surface area contributed by atoms with Crippen molar-refractivity contribution in [2.45, 2.75) is 39.2 Å². The van der Waals surface area contributed by atoms with Crippen LogP contribution in [0.1, 0.15) is 41.3 Å². The van der Waals surface area contributed by atoms with E-state index in [-0.39, 0.29) is 6.04 Å². The van der Waals surface area contributed by atoms with Crippen molar-refractivity contribution in [3.8, 4) is 11.5 Å². The van der Waals surface area contributed by atoms with Gasteiger partial charge in [0.25, 0.3) is 0 Å². The molecule has 1 aliphatic carbocycles. The summed E-state index contributed by atoms with van der Waals surface area (Å²) in [6.07, 6.45) is 6.85. The van der Waals surface area contributed by atoms with E-state index in [0.717, 1.165) is 47.3 Å². The van der Waals surface area contributed by atoms with Gasteiger partial charge in [-0.2, -0.15) is 0 Å². The maximum atomic E-state index is 6.09. The molecule has 0 radical (unpaired) electrons. The lowest BCUT2D eigenvalue weighted by atomic mass is 9.93. The molecule has 1 aliphatic rings. The Hall–Kier alpha value is -1.81. The average molecular weight is 254 g/mol. The van der Waals surface area contributed by atoms with E-state index in [1.165, 1.54) is 0 Å². The molecule has 0 fully saturated rings. The first-order valence-electron chi connectivity index (χ1n) is 6.70. The summed E-state index contributed by atoms with van der Waals surface area (Å²) in [6, 6.07) is 2.20. The molecule has 3 rings (SSSR count). The van der Waals surface area contributed by atoms with Crippen LogP contribution in [0.25, 0.3) is 11.5 Å². The highest BCUT2D eigenvalue weighted by Crippen LogP contribution is 2.28. The molecule has 4 heteroatoms. The minimum atomic E-state index is 0.0878. The van der Waals surface area contributed by atoms with E-state index in [1.807, 2.05) is 26.2 Å². The van der Waals surface area contributed by atoms with Gasteiger partial charge in [0.15, 0.2) is 5.82 Å². The molecular formula is C15H18N4. The monoisotopic (exact) mass is 254 g/mol. The first-order valence-corrected chi connectivity index (χ1v) is 6.70. The van der Waals surface area contributed by atoms with E-state index in [4.69, 9.17) is 5.73 Å². The molecule has 98 valence electrons. The third-order valence-electron chi connectivity index (χ3n) is 3.65. The number of hydrogen-bond acceptors (Lipinski definition) is 4. The highest BCUT2D eigenvalue weighted by Gasteiger charge is 2.19. The van der Waals surface area contributed by atoms with Gasteiger partial charge in [-0.1, -0.05) is 6.07 Å². The number of hydrogen-bond donors (Lipinski definition) is 1. The molecule has 0 bridgehead atoms. The van der Waals surface area contributed by atoms with Crippen LogP contribution >= 0.6 is 0 Å². The largest absolute Gasteiger partial charge is 0.324 e. The van der Waals surface area contributed by atoms with Gasteiger partial charge in [0.2, 0.25) is 0 Å². The number of nitrogens with two attached hydrogens (primary N) is 1. The lowest BCUT2D eigenvalue weighted by Crippen LogP contribution is -2.19. The summed E-state index contributed by atoms with van der Waals surface area (Å²) < 4.78 is 0. The van der Waals surface area contributed by atoms with Gasteiger partial charge in [0.1, 0.15) is 5.69 Å². The van der Waals surface area contributed by atoms with Crippen LogP contribution in [0, 0.1) is 13.8 Å². The molecule has 19 heavy (non-hydrogen) atoms. The van der Waals surface area contributed by atoms with E-state index in [9.17, 15) is 0 Å². The fourth-order valence-electron chi connectivity index (χ4n) is 2.64. The molecule has 2 heterocycles. The van der Waals surface area contributed by atoms with E-state index in [2.05, 4.69) is 21.0 Å². The molecule has 1 atom stereocenters. The topological polar surface area (TPSA) is 64.7 Å². The Morgan fingerprint density at radius 1 is 1.21 bits per heavy atom. The van der Waals surface area contributed by atoms with Crippen LogP contribution in [0.15, 0.2) is 18.5 Å². The van der Waals surface area contributed by atoms with Crippen LogP contribution in [0.2, 0.25) is 0 Å². The predicted molar refractivity (Wildman–Crippen MR) is 74.6 cm³/mol. The Morgan fingerprint density at radius 2 is 2.05 bits per heavy atom. The third-order valence-corrected chi connectivity index (χ3v) is 3.65. The Morgan fingerprint density at radius 3 is 2.84 bits per heavy atom. The SMILES string of the molecule is Cc1cnc(-c2ncc3c(n2)CCCC3N)c(C)c1. The van der Waals surface area contributed by atoms with Gasteiger partial charge < -0.3 is 5.73 Å². The second-order valence-electron chi connectivity index (χ2n) is 5.27. The van der Waals surface area contributed by atoms with Crippen molar-refractivity contribution in [2.75, 3.05) is 0 Å². The molecule has 2 aromatic heterocycles. The number of aromatic nitrogens is 3. The summed E-state index contributed by atoms with van der Waals surface area (Å²) in [7, 11) is 0. The van der Waals surface area contributed by atoms with E-state index in [1.54, 1.807) is 0 Å². The van der Waals surface area contributed by atoms with Gasteiger partial charge in [-0.3, -0.25) is 4.98 Å². The van der Waals surface area contributed by atoms with Crippen LogP contribution in [0.4, 0.5) is 0 Å². The predicted octanol–water partition coefficient (Wildman–Crippen LogP) is 2.49. The maximum Gasteiger partial charge on any atom is 0.178 e. The van der Waals surface area contributed by atoms with E-state index < -0.39 is 0 Å². The number of nitrogens with zero attached hydrogens (tertiary/aromatic N) is 3. The molecule has 2 N–H and O–H groups in total. The average Bonchev–Trinajstić information content (AvgIpc) is 2.38. The van der Waals surface area contributed by atoms with Gasteiger partial charge in [-0.05, 0) is 44.2 Å². The molecule has 1 unspecified atom stereocenters. The molecule has 2 aromatic rings. The Balaban J connectivity index is 2.06. The summed E-state index contributed by atoms with van der Waals surface area (Å²) in [6.45, 7) is 4.08. The molecule has 0 aliphatic heterocycles. The second-order valence-corrected chi connectivity index (χ2v) is 5.27. The van der Waals surface area contributed by atoms with Crippen LogP contribution in [0.5, 0.6) is 0 Å². The summed E-state index contributed by atoms with van der Waals surface area (Å²) in [5, 5.41) is 0. The van der Waals surface area contributed by atoms with Crippen molar-refractivity contribution in [3.05, 3.63) is 40.8 Å². The van der Waals surface area contributed by atoms with E-state index in [0.29, 0.717) is 5.82 Å². The fraction of sp³-hybridized carbons (Fsp3) is 0.400. The van der Waals surface area contributed by atoms with Crippen LogP contribution < -0.4 is 5.73 Å². The number of fused-ring (bicyclic) bond motifs is 1. The third kappa shape index (κ3) is 2.24. The second kappa shape index (κ2) is 4.70. The summed E-state index contributed by atoms with van der Waals surface area (Å²) in [5.74, 6) is 0.713. The molecular weight excluding hydrogens is 236 g/mol. The summed E-state index contributed by atoms with van der Waals surface area (Å²) in [5.41, 5.74) is 11.4. The smallest absolute Gasteiger partial charge is 0.178 e. The van der Waals surface area contributed by atoms with Gasteiger partial charge in [-0.25, -0.2) is 9.97 Å². The van der Waals surface area contributed by atoms with Crippen LogP contribution in [-0.4, -0.2) is 15.0 Å². The normalized spacial score (nSPS) is 18.2. The molecule has 0 saturated carbocycles. The van der Waals surface area contributed by atoms with Crippen molar-refractivity contribution in [1.82, 2.24) is 15.0 Å². The Bertz CT molecular complexity index is 622. The lowest BCUT2D eigenvalue weighted by Gasteiger charge is -2.21. The lowest BCUT2D eigenvalue weighted by molar-refractivity contribution is 0.557. The molecule has 0 aromatic carbocycles. The first kappa shape index (κ1) is 12.2. The van der Waals surface area contributed by atoms with Crippen molar-refractivity contribution in [3.63, 3.8) is 0 Å². The van der Waals surface area contributed by atoms with Gasteiger partial charge in [0.05, 0.1) is 0 Å². The minimum Gasteiger partial charge on any atom is -0.324 e. The quantitative estimate of drug-likeness (QED) is 0.849. The Labute approximate surface area is 113 Å². The number of aryl methyl sites for hydroxylation is 3. The van der Waals surface area contributed by atoms with Gasteiger partial charge >= 0.3 is 0 Å². The summed E-state index contributed by atoms with van der Waals surface area (Å²) >= 11 is 0. The van der Waals surface area contributed by atoms with Crippen molar-refractivity contribution < 1.29 is 0 Å². The van der Waals surface area contributed by atoms with Gasteiger partial charge in [0, 0.05) is 29.7 Å².